The van der Waals surface area contributed by atoms with Crippen LogP contribution in [0.15, 0.2) is 39.6 Å². The van der Waals surface area contributed by atoms with Gasteiger partial charge in [-0.15, -0.1) is 0 Å². The lowest BCUT2D eigenvalue weighted by atomic mass is 10.1. The minimum atomic E-state index is 0.477. The highest BCUT2D eigenvalue weighted by molar-refractivity contribution is 7.08. The van der Waals surface area contributed by atoms with E-state index in [0.717, 1.165) is 18.6 Å². The number of nitrogens with one attached hydrogen (secondary N) is 1. The van der Waals surface area contributed by atoms with Gasteiger partial charge >= 0.3 is 0 Å². The van der Waals surface area contributed by atoms with Crippen molar-refractivity contribution in [3.63, 3.8) is 0 Å². The Hall–Kier alpha value is -1.22. The second-order valence-electron chi connectivity index (χ2n) is 3.68. The molecule has 0 radical (unpaired) electrons. The van der Waals surface area contributed by atoms with E-state index in [9.17, 15) is 0 Å². The smallest absolute Gasteiger partial charge is 0.103 e. The lowest BCUT2D eigenvalue weighted by Gasteiger charge is -2.12. The van der Waals surface area contributed by atoms with E-state index < -0.39 is 0 Å². The maximum atomic E-state index is 5.29. The molecule has 0 saturated carbocycles. The van der Waals surface area contributed by atoms with Crippen molar-refractivity contribution >= 4 is 17.0 Å². The summed E-state index contributed by atoms with van der Waals surface area (Å²) >= 11 is 1.72. The van der Waals surface area contributed by atoms with E-state index in [2.05, 4.69) is 29.1 Å². The minimum Gasteiger partial charge on any atom is -0.469 e. The highest BCUT2D eigenvalue weighted by Crippen LogP contribution is 2.15. The number of aryl methyl sites for hydroxylation is 1. The van der Waals surface area contributed by atoms with Gasteiger partial charge in [0, 0.05) is 23.5 Å². The average Bonchev–Trinajstić information content (AvgIpc) is 2.86. The average molecular weight is 221 g/mol. The number of hydrogen-bond donors (Lipinski definition) is 1. The summed E-state index contributed by atoms with van der Waals surface area (Å²) in [6.07, 6.45) is 3.81. The topological polar surface area (TPSA) is 25.2 Å². The Morgan fingerprint density at radius 3 is 3.07 bits per heavy atom. The van der Waals surface area contributed by atoms with Crippen LogP contribution in [-0.4, -0.2) is 6.04 Å². The molecule has 0 spiro atoms. The van der Waals surface area contributed by atoms with E-state index in [1.165, 1.54) is 5.69 Å². The fraction of sp³-hybridized carbons (Fsp3) is 0.333. The number of thiophene rings is 1. The van der Waals surface area contributed by atoms with Crippen LogP contribution in [0.1, 0.15) is 19.1 Å². The fourth-order valence-electron chi connectivity index (χ4n) is 1.52. The fourth-order valence-corrected chi connectivity index (χ4v) is 2.11. The van der Waals surface area contributed by atoms with Crippen molar-refractivity contribution in [1.29, 1.82) is 0 Å². The maximum absolute atomic E-state index is 5.29. The first-order valence-electron chi connectivity index (χ1n) is 5.16. The molecule has 15 heavy (non-hydrogen) atoms. The largest absolute Gasteiger partial charge is 0.469 e. The van der Waals surface area contributed by atoms with Crippen LogP contribution in [0.4, 0.5) is 5.69 Å². The molecule has 0 aliphatic rings. The molecule has 0 fully saturated rings. The first-order valence-corrected chi connectivity index (χ1v) is 6.10. The molecule has 1 unspecified atom stereocenters. The molecule has 0 aromatic carbocycles. The van der Waals surface area contributed by atoms with E-state index in [-0.39, 0.29) is 0 Å². The van der Waals surface area contributed by atoms with Gasteiger partial charge in [-0.05, 0) is 36.9 Å². The molecule has 0 saturated heterocycles. The Morgan fingerprint density at radius 2 is 2.40 bits per heavy atom. The lowest BCUT2D eigenvalue weighted by Crippen LogP contribution is -2.15. The van der Waals surface area contributed by atoms with E-state index in [4.69, 9.17) is 4.42 Å². The van der Waals surface area contributed by atoms with Gasteiger partial charge in [0.05, 0.1) is 6.26 Å². The third kappa shape index (κ3) is 3.13. The summed E-state index contributed by atoms with van der Waals surface area (Å²) in [7, 11) is 0. The zero-order chi connectivity index (χ0) is 10.5. The van der Waals surface area contributed by atoms with Gasteiger partial charge in [-0.25, -0.2) is 0 Å². The summed E-state index contributed by atoms with van der Waals surface area (Å²) in [5.74, 6) is 1.06. The van der Waals surface area contributed by atoms with Crippen LogP contribution in [0.25, 0.3) is 0 Å². The molecule has 2 aromatic rings. The summed E-state index contributed by atoms with van der Waals surface area (Å²) in [5.41, 5.74) is 1.21. The van der Waals surface area contributed by atoms with Gasteiger partial charge in [0.25, 0.3) is 0 Å². The van der Waals surface area contributed by atoms with Crippen LogP contribution in [0.2, 0.25) is 0 Å². The second-order valence-corrected chi connectivity index (χ2v) is 4.46. The van der Waals surface area contributed by atoms with E-state index in [0.29, 0.717) is 6.04 Å². The van der Waals surface area contributed by atoms with Crippen LogP contribution < -0.4 is 5.32 Å². The van der Waals surface area contributed by atoms with Crippen LogP contribution >= 0.6 is 11.3 Å². The predicted molar refractivity (Wildman–Crippen MR) is 64.4 cm³/mol. The van der Waals surface area contributed by atoms with Gasteiger partial charge in [0.15, 0.2) is 0 Å². The summed E-state index contributed by atoms with van der Waals surface area (Å²) in [4.78, 5) is 0. The molecule has 1 atom stereocenters. The molecule has 2 rings (SSSR count). The zero-order valence-electron chi connectivity index (χ0n) is 8.77. The van der Waals surface area contributed by atoms with Crippen molar-refractivity contribution in [3.8, 4) is 0 Å². The molecule has 0 aliphatic carbocycles. The number of rotatable bonds is 5. The molecule has 2 heterocycles. The molecule has 3 heteroatoms. The number of hydrogen-bond acceptors (Lipinski definition) is 3. The van der Waals surface area contributed by atoms with Crippen molar-refractivity contribution in [3.05, 3.63) is 41.0 Å². The normalized spacial score (nSPS) is 12.6. The molecule has 2 nitrogen and oxygen atoms in total. The van der Waals surface area contributed by atoms with Crippen molar-refractivity contribution in [1.82, 2.24) is 0 Å². The van der Waals surface area contributed by atoms with Crippen LogP contribution in [-0.2, 0) is 6.42 Å². The molecule has 80 valence electrons. The Balaban J connectivity index is 1.76. The van der Waals surface area contributed by atoms with Crippen molar-refractivity contribution in [2.45, 2.75) is 25.8 Å². The van der Waals surface area contributed by atoms with Gasteiger partial charge in [0.2, 0.25) is 0 Å². The molecular formula is C12H15NOS. The highest BCUT2D eigenvalue weighted by Gasteiger charge is 2.04. The van der Waals surface area contributed by atoms with E-state index >= 15 is 0 Å². The third-order valence-electron chi connectivity index (χ3n) is 2.34. The van der Waals surface area contributed by atoms with Crippen molar-refractivity contribution in [2.75, 3.05) is 5.32 Å². The van der Waals surface area contributed by atoms with Crippen LogP contribution in [0.5, 0.6) is 0 Å². The van der Waals surface area contributed by atoms with Gasteiger partial charge in [-0.3, -0.25) is 0 Å². The van der Waals surface area contributed by atoms with Crippen molar-refractivity contribution < 1.29 is 4.42 Å². The molecule has 2 aromatic heterocycles. The summed E-state index contributed by atoms with van der Waals surface area (Å²) in [6, 6.07) is 6.54. The van der Waals surface area contributed by atoms with Crippen LogP contribution in [0.3, 0.4) is 0 Å². The van der Waals surface area contributed by atoms with Gasteiger partial charge in [0.1, 0.15) is 5.76 Å². The Bertz CT molecular complexity index is 366. The van der Waals surface area contributed by atoms with Crippen LogP contribution in [0, 0.1) is 0 Å². The summed E-state index contributed by atoms with van der Waals surface area (Å²) in [6.45, 7) is 2.20. The summed E-state index contributed by atoms with van der Waals surface area (Å²) in [5, 5.41) is 7.67. The predicted octanol–water partition coefficient (Wildman–Crippen LogP) is 3.77. The molecular weight excluding hydrogens is 206 g/mol. The first kappa shape index (κ1) is 10.3. The first-order chi connectivity index (χ1) is 7.34. The van der Waals surface area contributed by atoms with E-state index in [1.807, 2.05) is 12.1 Å². The molecule has 0 amide bonds. The van der Waals surface area contributed by atoms with E-state index in [1.54, 1.807) is 17.6 Å². The second kappa shape index (κ2) is 5.03. The van der Waals surface area contributed by atoms with Gasteiger partial charge < -0.3 is 9.73 Å². The summed E-state index contributed by atoms with van der Waals surface area (Å²) < 4.78 is 5.29. The number of furan rings is 1. The highest BCUT2D eigenvalue weighted by atomic mass is 32.1. The molecule has 1 N–H and O–H groups in total. The standard InChI is InChI=1S/C12H15NOS/c1-10(13-11-6-8-15-9-11)4-5-12-3-2-7-14-12/h2-3,6-10,13H,4-5H2,1H3. The minimum absolute atomic E-state index is 0.477. The molecule has 0 bridgehead atoms. The van der Waals surface area contributed by atoms with Gasteiger partial charge in [-0.1, -0.05) is 0 Å². The zero-order valence-corrected chi connectivity index (χ0v) is 9.59. The quantitative estimate of drug-likeness (QED) is 0.831. The third-order valence-corrected chi connectivity index (χ3v) is 3.02. The Labute approximate surface area is 93.9 Å². The lowest BCUT2D eigenvalue weighted by molar-refractivity contribution is 0.495. The van der Waals surface area contributed by atoms with Gasteiger partial charge in [-0.2, -0.15) is 11.3 Å². The SMILES string of the molecule is CC(CCc1ccco1)Nc1ccsc1. The number of anilines is 1. The monoisotopic (exact) mass is 221 g/mol. The van der Waals surface area contributed by atoms with Crippen molar-refractivity contribution in [2.24, 2.45) is 0 Å². The molecule has 0 aliphatic heterocycles. The Morgan fingerprint density at radius 1 is 1.47 bits per heavy atom. The Kier molecular flexibility index (Phi) is 3.45. The maximum Gasteiger partial charge on any atom is 0.103 e.